The minimum absolute atomic E-state index is 0.0873. The van der Waals surface area contributed by atoms with Crippen molar-refractivity contribution in [1.29, 1.82) is 0 Å². The maximum atomic E-state index is 12.9. The molecule has 1 unspecified atom stereocenters. The van der Waals surface area contributed by atoms with Crippen LogP contribution in [0.25, 0.3) is 5.76 Å². The lowest BCUT2D eigenvalue weighted by atomic mass is 9.95. The van der Waals surface area contributed by atoms with Crippen LogP contribution in [0.5, 0.6) is 5.75 Å². The Morgan fingerprint density at radius 2 is 1.86 bits per heavy atom. The van der Waals surface area contributed by atoms with E-state index in [-0.39, 0.29) is 11.3 Å². The van der Waals surface area contributed by atoms with Crippen molar-refractivity contribution in [2.24, 2.45) is 0 Å². The smallest absolute Gasteiger partial charge is 0.295 e. The van der Waals surface area contributed by atoms with Gasteiger partial charge >= 0.3 is 0 Å². The molecule has 29 heavy (non-hydrogen) atoms. The Hall–Kier alpha value is -2.64. The number of ketones is 1. The van der Waals surface area contributed by atoms with E-state index in [2.05, 4.69) is 15.9 Å². The van der Waals surface area contributed by atoms with E-state index in [1.165, 1.54) is 12.0 Å². The molecule has 1 amide bonds. The molecule has 152 valence electrons. The van der Waals surface area contributed by atoms with Crippen LogP contribution in [0.1, 0.15) is 17.2 Å². The van der Waals surface area contributed by atoms with Gasteiger partial charge in [-0.15, -0.1) is 0 Å². The van der Waals surface area contributed by atoms with E-state index in [4.69, 9.17) is 4.74 Å². The van der Waals surface area contributed by atoms with Gasteiger partial charge in [0, 0.05) is 23.1 Å². The first-order valence-corrected chi connectivity index (χ1v) is 9.95. The van der Waals surface area contributed by atoms with E-state index < -0.39 is 17.7 Å². The van der Waals surface area contributed by atoms with E-state index >= 15 is 0 Å². The summed E-state index contributed by atoms with van der Waals surface area (Å²) in [5, 5.41) is 11.0. The van der Waals surface area contributed by atoms with Gasteiger partial charge in [0.2, 0.25) is 0 Å². The Balaban J connectivity index is 2.14. The monoisotopic (exact) mass is 458 g/mol. The number of carbonyl (C=O) groups excluding carboxylic acids is 2. The number of aliphatic hydroxyl groups is 1. The summed E-state index contributed by atoms with van der Waals surface area (Å²) in [5.74, 6) is -0.945. The second-order valence-corrected chi connectivity index (χ2v) is 7.99. The van der Waals surface area contributed by atoms with Crippen LogP contribution >= 0.6 is 15.9 Å². The number of amides is 1. The van der Waals surface area contributed by atoms with Crippen molar-refractivity contribution < 1.29 is 19.4 Å². The van der Waals surface area contributed by atoms with Gasteiger partial charge in [0.25, 0.3) is 11.7 Å². The molecule has 0 radical (unpaired) electrons. The van der Waals surface area contributed by atoms with Crippen molar-refractivity contribution in [2.75, 3.05) is 34.3 Å². The quantitative estimate of drug-likeness (QED) is 0.407. The van der Waals surface area contributed by atoms with Crippen molar-refractivity contribution in [3.63, 3.8) is 0 Å². The molecule has 1 saturated heterocycles. The van der Waals surface area contributed by atoms with Crippen LogP contribution in [0.2, 0.25) is 0 Å². The predicted molar refractivity (Wildman–Crippen MR) is 115 cm³/mol. The lowest BCUT2D eigenvalue weighted by Crippen LogP contribution is -2.35. The van der Waals surface area contributed by atoms with Gasteiger partial charge in [-0.05, 0) is 43.9 Å². The van der Waals surface area contributed by atoms with Crippen LogP contribution < -0.4 is 4.74 Å². The Bertz CT molecular complexity index is 954. The van der Waals surface area contributed by atoms with Gasteiger partial charge in [-0.25, -0.2) is 0 Å². The van der Waals surface area contributed by atoms with Crippen LogP contribution in [-0.4, -0.2) is 60.9 Å². The number of likely N-dealkylation sites (tertiary alicyclic amines) is 1. The first kappa shape index (κ1) is 21.1. The number of methoxy groups -OCH3 is 1. The van der Waals surface area contributed by atoms with E-state index in [1.54, 1.807) is 24.3 Å². The highest BCUT2D eigenvalue weighted by molar-refractivity contribution is 9.10. The maximum absolute atomic E-state index is 12.9. The highest BCUT2D eigenvalue weighted by Gasteiger charge is 2.45. The normalized spacial score (nSPS) is 18.5. The molecule has 1 fully saturated rings. The second kappa shape index (κ2) is 8.80. The molecular weight excluding hydrogens is 436 g/mol. The molecule has 0 spiro atoms. The standard InChI is InChI=1S/C22H23BrN2O4/c1-24(2)11-12-25-19(14-7-9-16(23)10-8-14)18(21(27)22(25)28)20(26)15-5-4-6-17(13-15)29-3/h4-10,13,19,26H,11-12H2,1-3H3. The molecule has 0 bridgehead atoms. The summed E-state index contributed by atoms with van der Waals surface area (Å²) in [6.45, 7) is 0.965. The molecule has 6 nitrogen and oxygen atoms in total. The number of likely N-dealkylation sites (N-methyl/N-ethyl adjacent to an activating group) is 1. The largest absolute Gasteiger partial charge is 0.507 e. The number of nitrogens with zero attached hydrogens (tertiary/aromatic N) is 2. The Morgan fingerprint density at radius 3 is 2.48 bits per heavy atom. The number of hydrogen-bond donors (Lipinski definition) is 1. The average Bonchev–Trinajstić information content (AvgIpc) is 2.97. The fourth-order valence-electron chi connectivity index (χ4n) is 3.34. The second-order valence-electron chi connectivity index (χ2n) is 7.08. The lowest BCUT2D eigenvalue weighted by Gasteiger charge is -2.26. The minimum atomic E-state index is -0.683. The molecule has 0 saturated carbocycles. The maximum Gasteiger partial charge on any atom is 0.295 e. The van der Waals surface area contributed by atoms with Crippen molar-refractivity contribution in [3.8, 4) is 5.75 Å². The van der Waals surface area contributed by atoms with Crippen LogP contribution in [0.4, 0.5) is 0 Å². The molecule has 1 aliphatic rings. The summed E-state index contributed by atoms with van der Waals surface area (Å²) in [6, 6.07) is 13.5. The fraction of sp³-hybridized carbons (Fsp3) is 0.273. The summed E-state index contributed by atoms with van der Waals surface area (Å²) in [6.07, 6.45) is 0. The first-order valence-electron chi connectivity index (χ1n) is 9.16. The molecule has 2 aromatic carbocycles. The zero-order valence-electron chi connectivity index (χ0n) is 16.6. The van der Waals surface area contributed by atoms with E-state index in [0.717, 1.165) is 10.0 Å². The molecule has 0 aromatic heterocycles. The number of benzene rings is 2. The van der Waals surface area contributed by atoms with Crippen LogP contribution in [0.15, 0.2) is 58.6 Å². The van der Waals surface area contributed by atoms with E-state index in [0.29, 0.717) is 24.4 Å². The molecule has 1 aliphatic heterocycles. The number of aliphatic hydroxyl groups excluding tert-OH is 1. The van der Waals surface area contributed by atoms with Gasteiger partial charge in [0.15, 0.2) is 0 Å². The Kier molecular flexibility index (Phi) is 6.39. The number of ether oxygens (including phenoxy) is 1. The van der Waals surface area contributed by atoms with Gasteiger partial charge in [0.1, 0.15) is 11.5 Å². The summed E-state index contributed by atoms with van der Waals surface area (Å²) >= 11 is 3.41. The van der Waals surface area contributed by atoms with Crippen molar-refractivity contribution in [3.05, 3.63) is 69.7 Å². The summed E-state index contributed by atoms with van der Waals surface area (Å²) in [4.78, 5) is 29.2. The predicted octanol–water partition coefficient (Wildman–Crippen LogP) is 3.44. The number of hydrogen-bond acceptors (Lipinski definition) is 5. The van der Waals surface area contributed by atoms with Gasteiger partial charge in [0.05, 0.1) is 18.7 Å². The minimum Gasteiger partial charge on any atom is -0.507 e. The lowest BCUT2D eigenvalue weighted by molar-refractivity contribution is -0.140. The Morgan fingerprint density at radius 1 is 1.17 bits per heavy atom. The molecule has 0 aliphatic carbocycles. The van der Waals surface area contributed by atoms with Crippen molar-refractivity contribution in [2.45, 2.75) is 6.04 Å². The third-order valence-corrected chi connectivity index (χ3v) is 5.39. The highest BCUT2D eigenvalue weighted by atomic mass is 79.9. The van der Waals surface area contributed by atoms with Crippen LogP contribution in [-0.2, 0) is 9.59 Å². The number of Topliss-reactive ketones (excluding diaryl/α,β-unsaturated/α-hetero) is 1. The summed E-state index contributed by atoms with van der Waals surface area (Å²) in [7, 11) is 5.34. The molecule has 3 rings (SSSR count). The zero-order valence-corrected chi connectivity index (χ0v) is 18.1. The van der Waals surface area contributed by atoms with Gasteiger partial charge < -0.3 is 19.6 Å². The van der Waals surface area contributed by atoms with Crippen molar-refractivity contribution >= 4 is 33.4 Å². The van der Waals surface area contributed by atoms with Crippen LogP contribution in [0.3, 0.4) is 0 Å². The first-order chi connectivity index (χ1) is 13.8. The fourth-order valence-corrected chi connectivity index (χ4v) is 3.60. The molecule has 1 N–H and O–H groups in total. The topological polar surface area (TPSA) is 70.1 Å². The zero-order chi connectivity index (χ0) is 21.1. The average molecular weight is 459 g/mol. The molecule has 1 heterocycles. The SMILES string of the molecule is COc1cccc(C(O)=C2C(=O)C(=O)N(CCN(C)C)C2c2ccc(Br)cc2)c1. The molecule has 2 aromatic rings. The Labute approximate surface area is 178 Å². The van der Waals surface area contributed by atoms with Gasteiger partial charge in [-0.1, -0.05) is 40.2 Å². The van der Waals surface area contributed by atoms with Gasteiger partial charge in [-0.3, -0.25) is 9.59 Å². The van der Waals surface area contributed by atoms with E-state index in [9.17, 15) is 14.7 Å². The third kappa shape index (κ3) is 4.36. The molecule has 7 heteroatoms. The van der Waals surface area contributed by atoms with Crippen LogP contribution in [0, 0.1) is 0 Å². The number of halogens is 1. The number of rotatable bonds is 6. The summed E-state index contributed by atoms with van der Waals surface area (Å²) < 4.78 is 6.11. The summed E-state index contributed by atoms with van der Waals surface area (Å²) in [5.41, 5.74) is 1.28. The van der Waals surface area contributed by atoms with E-state index in [1.807, 2.05) is 43.3 Å². The molecular formula is C22H23BrN2O4. The number of carbonyl (C=O) groups is 2. The highest BCUT2D eigenvalue weighted by Crippen LogP contribution is 2.39. The van der Waals surface area contributed by atoms with Gasteiger partial charge in [-0.2, -0.15) is 0 Å². The molecule has 1 atom stereocenters. The van der Waals surface area contributed by atoms with Crippen molar-refractivity contribution in [1.82, 2.24) is 9.80 Å². The third-order valence-electron chi connectivity index (χ3n) is 4.86.